The van der Waals surface area contributed by atoms with Crippen molar-refractivity contribution >= 4 is 34.7 Å². The SMILES string of the molecule is COc1cc(/C=N\Nc2ccc([N+](=O)[O-])cc2[N+](=O)[O-])ccc1Oc1ccc([N+](=O)[O-])cc1[N+](=O)[O-]. The molecule has 0 aromatic heterocycles. The summed E-state index contributed by atoms with van der Waals surface area (Å²) in [5, 5.41) is 48.1. The van der Waals surface area contributed by atoms with Crippen LogP contribution < -0.4 is 14.9 Å². The summed E-state index contributed by atoms with van der Waals surface area (Å²) in [6.07, 6.45) is 1.27. The third kappa shape index (κ3) is 5.63. The Hall–Kier alpha value is -5.67. The Morgan fingerprint density at radius 1 is 0.722 bits per heavy atom. The second-order valence-corrected chi connectivity index (χ2v) is 6.76. The largest absolute Gasteiger partial charge is 0.493 e. The van der Waals surface area contributed by atoms with Crippen LogP contribution >= 0.6 is 0 Å². The smallest absolute Gasteiger partial charge is 0.318 e. The minimum Gasteiger partial charge on any atom is -0.493 e. The quantitative estimate of drug-likeness (QED) is 0.232. The van der Waals surface area contributed by atoms with Gasteiger partial charge >= 0.3 is 11.4 Å². The molecule has 0 unspecified atom stereocenters. The van der Waals surface area contributed by atoms with Crippen molar-refractivity contribution in [3.05, 3.63) is 101 Å². The van der Waals surface area contributed by atoms with E-state index in [4.69, 9.17) is 9.47 Å². The van der Waals surface area contributed by atoms with Gasteiger partial charge in [-0.1, -0.05) is 0 Å². The molecule has 0 radical (unpaired) electrons. The van der Waals surface area contributed by atoms with Gasteiger partial charge in [-0.15, -0.1) is 0 Å². The fraction of sp³-hybridized carbons (Fsp3) is 0.0500. The molecule has 0 amide bonds. The van der Waals surface area contributed by atoms with Crippen molar-refractivity contribution in [2.75, 3.05) is 12.5 Å². The van der Waals surface area contributed by atoms with Gasteiger partial charge in [0.05, 0.1) is 45.2 Å². The van der Waals surface area contributed by atoms with Gasteiger partial charge in [0.15, 0.2) is 11.5 Å². The maximum atomic E-state index is 11.3. The minimum absolute atomic E-state index is 0.0607. The summed E-state index contributed by atoms with van der Waals surface area (Å²) in [6, 6.07) is 10.3. The van der Waals surface area contributed by atoms with E-state index in [0.29, 0.717) is 5.56 Å². The Labute approximate surface area is 200 Å². The first-order chi connectivity index (χ1) is 17.1. The summed E-state index contributed by atoms with van der Waals surface area (Å²) in [4.78, 5) is 41.1. The van der Waals surface area contributed by atoms with Gasteiger partial charge in [0.1, 0.15) is 5.69 Å². The number of hydrazone groups is 1. The topological polar surface area (TPSA) is 215 Å². The number of anilines is 1. The van der Waals surface area contributed by atoms with E-state index in [2.05, 4.69) is 10.5 Å². The van der Waals surface area contributed by atoms with Crippen LogP contribution in [0.15, 0.2) is 59.7 Å². The highest BCUT2D eigenvalue weighted by Crippen LogP contribution is 2.38. The molecule has 0 aliphatic rings. The number of rotatable bonds is 10. The monoisotopic (exact) mass is 498 g/mol. The van der Waals surface area contributed by atoms with Crippen molar-refractivity contribution in [3.8, 4) is 17.2 Å². The Bertz CT molecular complexity index is 1410. The van der Waals surface area contributed by atoms with Gasteiger partial charge in [0.25, 0.3) is 11.4 Å². The third-order valence-corrected chi connectivity index (χ3v) is 4.55. The summed E-state index contributed by atoms with van der Waals surface area (Å²) in [5.74, 6) is -0.0593. The van der Waals surface area contributed by atoms with E-state index in [1.54, 1.807) is 0 Å². The van der Waals surface area contributed by atoms with E-state index in [1.165, 1.54) is 31.5 Å². The van der Waals surface area contributed by atoms with Gasteiger partial charge in [0.2, 0.25) is 5.75 Å². The number of nitro groups is 4. The maximum absolute atomic E-state index is 11.3. The molecule has 3 aromatic carbocycles. The molecule has 3 rings (SSSR count). The number of non-ortho nitro benzene ring substituents is 2. The highest BCUT2D eigenvalue weighted by atomic mass is 16.6. The molecule has 0 atom stereocenters. The molecule has 16 heteroatoms. The number of methoxy groups -OCH3 is 1. The Balaban J connectivity index is 1.83. The molecular formula is C20H14N6O10. The molecule has 184 valence electrons. The van der Waals surface area contributed by atoms with Crippen molar-refractivity contribution in [2.45, 2.75) is 0 Å². The lowest BCUT2D eigenvalue weighted by Gasteiger charge is -2.11. The second-order valence-electron chi connectivity index (χ2n) is 6.76. The molecule has 0 bridgehead atoms. The van der Waals surface area contributed by atoms with E-state index < -0.39 is 42.4 Å². The summed E-state index contributed by atoms with van der Waals surface area (Å²) in [5.41, 5.74) is 0.679. The number of nitrogens with zero attached hydrogens (tertiary/aromatic N) is 5. The maximum Gasteiger partial charge on any atom is 0.318 e. The van der Waals surface area contributed by atoms with E-state index in [9.17, 15) is 40.5 Å². The summed E-state index contributed by atoms with van der Waals surface area (Å²) < 4.78 is 10.8. The van der Waals surface area contributed by atoms with Crippen molar-refractivity contribution in [1.29, 1.82) is 0 Å². The van der Waals surface area contributed by atoms with Crippen LogP contribution in [0.4, 0.5) is 28.4 Å². The standard InChI is InChI=1S/C20H14N6O10/c1-35-20-8-12(11-21-22-15-5-3-13(23(27)28)9-16(15)25(31)32)2-6-19(20)36-18-7-4-14(24(29)30)10-17(18)26(33)34/h2-11,22H,1H3/b21-11-. The van der Waals surface area contributed by atoms with Crippen molar-refractivity contribution in [1.82, 2.24) is 0 Å². The Morgan fingerprint density at radius 2 is 1.31 bits per heavy atom. The number of ether oxygens (including phenoxy) is 2. The van der Waals surface area contributed by atoms with Gasteiger partial charge in [-0.2, -0.15) is 5.10 Å². The first-order valence-electron chi connectivity index (χ1n) is 9.61. The molecule has 0 fully saturated rings. The molecular weight excluding hydrogens is 484 g/mol. The average Bonchev–Trinajstić information content (AvgIpc) is 2.84. The Kier molecular flexibility index (Phi) is 7.29. The lowest BCUT2D eigenvalue weighted by atomic mass is 10.2. The zero-order valence-corrected chi connectivity index (χ0v) is 18.1. The van der Waals surface area contributed by atoms with Crippen LogP contribution in [-0.2, 0) is 0 Å². The van der Waals surface area contributed by atoms with Gasteiger partial charge < -0.3 is 9.47 Å². The number of nitrogens with one attached hydrogen (secondary N) is 1. The molecule has 3 aromatic rings. The van der Waals surface area contributed by atoms with E-state index >= 15 is 0 Å². The normalized spacial score (nSPS) is 10.6. The highest BCUT2D eigenvalue weighted by molar-refractivity contribution is 5.82. The summed E-state index contributed by atoms with van der Waals surface area (Å²) in [6.45, 7) is 0. The van der Waals surface area contributed by atoms with Crippen molar-refractivity contribution in [2.24, 2.45) is 5.10 Å². The van der Waals surface area contributed by atoms with Crippen molar-refractivity contribution in [3.63, 3.8) is 0 Å². The van der Waals surface area contributed by atoms with Crippen LogP contribution in [0.25, 0.3) is 0 Å². The van der Waals surface area contributed by atoms with Crippen LogP contribution in [-0.4, -0.2) is 33.0 Å². The van der Waals surface area contributed by atoms with Gasteiger partial charge in [0, 0.05) is 12.1 Å². The Morgan fingerprint density at radius 3 is 1.89 bits per heavy atom. The van der Waals surface area contributed by atoms with Gasteiger partial charge in [-0.05, 0) is 35.9 Å². The first-order valence-corrected chi connectivity index (χ1v) is 9.61. The number of nitro benzene ring substituents is 4. The van der Waals surface area contributed by atoms with E-state index in [0.717, 1.165) is 36.4 Å². The lowest BCUT2D eigenvalue weighted by molar-refractivity contribution is -0.394. The average molecular weight is 498 g/mol. The molecule has 1 N–H and O–H groups in total. The van der Waals surface area contributed by atoms with Crippen LogP contribution in [0.5, 0.6) is 17.2 Å². The van der Waals surface area contributed by atoms with Gasteiger partial charge in [-0.25, -0.2) is 0 Å². The summed E-state index contributed by atoms with van der Waals surface area (Å²) >= 11 is 0. The molecule has 0 aliphatic carbocycles. The first kappa shape index (κ1) is 25.0. The molecule has 36 heavy (non-hydrogen) atoms. The molecule has 0 heterocycles. The van der Waals surface area contributed by atoms with Crippen LogP contribution in [0, 0.1) is 40.5 Å². The van der Waals surface area contributed by atoms with E-state index in [1.807, 2.05) is 0 Å². The van der Waals surface area contributed by atoms with E-state index in [-0.39, 0.29) is 22.9 Å². The molecule has 16 nitrogen and oxygen atoms in total. The predicted molar refractivity (Wildman–Crippen MR) is 124 cm³/mol. The predicted octanol–water partition coefficient (Wildman–Crippen LogP) is 4.57. The molecule has 0 spiro atoms. The number of hydrogen-bond acceptors (Lipinski definition) is 12. The number of benzene rings is 3. The fourth-order valence-electron chi connectivity index (χ4n) is 2.87. The molecule has 0 saturated carbocycles. The van der Waals surface area contributed by atoms with Crippen molar-refractivity contribution < 1.29 is 29.2 Å². The lowest BCUT2D eigenvalue weighted by Crippen LogP contribution is -1.99. The fourth-order valence-corrected chi connectivity index (χ4v) is 2.87. The molecule has 0 aliphatic heterocycles. The van der Waals surface area contributed by atoms with Crippen LogP contribution in [0.3, 0.4) is 0 Å². The zero-order chi connectivity index (χ0) is 26.4. The summed E-state index contributed by atoms with van der Waals surface area (Å²) in [7, 11) is 1.31. The minimum atomic E-state index is -0.821. The van der Waals surface area contributed by atoms with Crippen LogP contribution in [0.2, 0.25) is 0 Å². The highest BCUT2D eigenvalue weighted by Gasteiger charge is 2.22. The number of hydrogen-bond donors (Lipinski definition) is 1. The second kappa shape index (κ2) is 10.5. The zero-order valence-electron chi connectivity index (χ0n) is 18.1. The van der Waals surface area contributed by atoms with Crippen LogP contribution in [0.1, 0.15) is 5.56 Å². The molecule has 0 saturated heterocycles. The van der Waals surface area contributed by atoms with Gasteiger partial charge in [-0.3, -0.25) is 45.9 Å². The third-order valence-electron chi connectivity index (χ3n) is 4.55.